The molecule has 106 valence electrons. The quantitative estimate of drug-likeness (QED) is 0.380. The van der Waals surface area contributed by atoms with E-state index in [0.29, 0.717) is 0 Å². The molecular formula is C14H19ClF2N2. The SMILES string of the molecule is NNC(c1cc(F)c(Cl)cc1F)C1CCCCCC1. The first-order chi connectivity index (χ1) is 9.13. The van der Waals surface area contributed by atoms with Gasteiger partial charge < -0.3 is 0 Å². The summed E-state index contributed by atoms with van der Waals surface area (Å²) >= 11 is 5.58. The van der Waals surface area contributed by atoms with Crippen molar-refractivity contribution in [3.05, 3.63) is 34.4 Å². The van der Waals surface area contributed by atoms with Crippen LogP contribution in [0.1, 0.15) is 50.1 Å². The highest BCUT2D eigenvalue weighted by molar-refractivity contribution is 6.30. The van der Waals surface area contributed by atoms with Crippen molar-refractivity contribution in [1.29, 1.82) is 0 Å². The zero-order valence-electron chi connectivity index (χ0n) is 10.8. The molecule has 1 aromatic carbocycles. The fourth-order valence-corrected chi connectivity index (χ4v) is 3.05. The Morgan fingerprint density at radius 1 is 1.11 bits per heavy atom. The highest BCUT2D eigenvalue weighted by Gasteiger charge is 2.26. The summed E-state index contributed by atoms with van der Waals surface area (Å²) in [6.07, 6.45) is 6.59. The summed E-state index contributed by atoms with van der Waals surface area (Å²) in [4.78, 5) is 0. The van der Waals surface area contributed by atoms with Crippen LogP contribution in [0.4, 0.5) is 8.78 Å². The zero-order valence-corrected chi connectivity index (χ0v) is 11.5. The molecule has 0 saturated heterocycles. The van der Waals surface area contributed by atoms with E-state index in [1.54, 1.807) is 0 Å². The van der Waals surface area contributed by atoms with Crippen LogP contribution < -0.4 is 11.3 Å². The molecule has 0 spiro atoms. The smallest absolute Gasteiger partial charge is 0.142 e. The van der Waals surface area contributed by atoms with Gasteiger partial charge >= 0.3 is 0 Å². The molecule has 3 N–H and O–H groups in total. The second kappa shape index (κ2) is 6.64. The maximum absolute atomic E-state index is 14.0. The zero-order chi connectivity index (χ0) is 13.8. The minimum absolute atomic E-state index is 0.196. The maximum Gasteiger partial charge on any atom is 0.142 e. The van der Waals surface area contributed by atoms with Gasteiger partial charge in [-0.2, -0.15) is 0 Å². The van der Waals surface area contributed by atoms with E-state index in [1.165, 1.54) is 12.8 Å². The predicted molar refractivity (Wildman–Crippen MR) is 72.6 cm³/mol. The average molecular weight is 289 g/mol. The Hall–Kier alpha value is -0.710. The first-order valence-corrected chi connectivity index (χ1v) is 7.12. The molecule has 1 saturated carbocycles. The van der Waals surface area contributed by atoms with Crippen LogP contribution in [0.3, 0.4) is 0 Å². The Morgan fingerprint density at radius 3 is 2.32 bits per heavy atom. The second-order valence-corrected chi connectivity index (χ2v) is 5.59. The van der Waals surface area contributed by atoms with Crippen LogP contribution in [0.2, 0.25) is 5.02 Å². The number of halogens is 3. The number of nitrogens with one attached hydrogen (secondary N) is 1. The van der Waals surface area contributed by atoms with Crippen molar-refractivity contribution in [3.63, 3.8) is 0 Å². The third-order valence-corrected chi connectivity index (χ3v) is 4.22. The fraction of sp³-hybridized carbons (Fsp3) is 0.571. The standard InChI is InChI=1S/C14H19ClF2N2/c15-11-8-12(16)10(7-13(11)17)14(19-18)9-5-3-1-2-4-6-9/h7-9,14,19H,1-6,18H2. The molecule has 1 aliphatic carbocycles. The van der Waals surface area contributed by atoms with E-state index in [-0.39, 0.29) is 22.5 Å². The summed E-state index contributed by atoms with van der Waals surface area (Å²) in [6, 6.07) is 1.82. The van der Waals surface area contributed by atoms with Gasteiger partial charge in [0.25, 0.3) is 0 Å². The van der Waals surface area contributed by atoms with Gasteiger partial charge in [-0.1, -0.05) is 37.3 Å². The molecule has 1 fully saturated rings. The van der Waals surface area contributed by atoms with E-state index >= 15 is 0 Å². The van der Waals surface area contributed by atoms with Crippen molar-refractivity contribution in [2.75, 3.05) is 0 Å². The topological polar surface area (TPSA) is 38.0 Å². The summed E-state index contributed by atoms with van der Waals surface area (Å²) in [7, 11) is 0. The lowest BCUT2D eigenvalue weighted by Crippen LogP contribution is -2.34. The Bertz CT molecular complexity index is 432. The van der Waals surface area contributed by atoms with Crippen LogP contribution in [-0.2, 0) is 0 Å². The molecule has 1 aliphatic rings. The molecule has 2 nitrogen and oxygen atoms in total. The third kappa shape index (κ3) is 3.44. The van der Waals surface area contributed by atoms with E-state index in [4.69, 9.17) is 17.4 Å². The molecule has 1 atom stereocenters. The second-order valence-electron chi connectivity index (χ2n) is 5.18. The predicted octanol–water partition coefficient (Wildman–Crippen LogP) is 4.09. The Labute approximate surface area is 117 Å². The van der Waals surface area contributed by atoms with E-state index in [9.17, 15) is 8.78 Å². The van der Waals surface area contributed by atoms with Gasteiger partial charge in [-0.25, -0.2) is 8.78 Å². The molecule has 19 heavy (non-hydrogen) atoms. The lowest BCUT2D eigenvalue weighted by molar-refractivity contribution is 0.320. The number of nitrogens with two attached hydrogens (primary N) is 1. The van der Waals surface area contributed by atoms with Gasteiger partial charge in [-0.15, -0.1) is 0 Å². The molecule has 0 heterocycles. The summed E-state index contributed by atoms with van der Waals surface area (Å²) in [6.45, 7) is 0. The van der Waals surface area contributed by atoms with Crippen LogP contribution >= 0.6 is 11.6 Å². The molecule has 0 radical (unpaired) electrons. The van der Waals surface area contributed by atoms with E-state index in [2.05, 4.69) is 5.43 Å². The van der Waals surface area contributed by atoms with Gasteiger partial charge in [0.1, 0.15) is 11.6 Å². The number of hydrazine groups is 1. The molecule has 1 aromatic rings. The van der Waals surface area contributed by atoms with Gasteiger partial charge in [0.05, 0.1) is 11.1 Å². The van der Waals surface area contributed by atoms with Crippen LogP contribution in [0.25, 0.3) is 0 Å². The van der Waals surface area contributed by atoms with Crippen molar-refractivity contribution < 1.29 is 8.78 Å². The molecule has 0 aromatic heterocycles. The summed E-state index contributed by atoms with van der Waals surface area (Å²) in [5.41, 5.74) is 2.93. The molecule has 2 rings (SSSR count). The summed E-state index contributed by atoms with van der Waals surface area (Å²) in [5, 5.41) is -0.196. The molecule has 0 bridgehead atoms. The van der Waals surface area contributed by atoms with Crippen LogP contribution in [0.5, 0.6) is 0 Å². The third-order valence-electron chi connectivity index (χ3n) is 3.93. The number of hydrogen-bond acceptors (Lipinski definition) is 2. The van der Waals surface area contributed by atoms with E-state index in [1.807, 2.05) is 0 Å². The molecule has 0 aliphatic heterocycles. The van der Waals surface area contributed by atoms with Crippen molar-refractivity contribution in [2.45, 2.75) is 44.6 Å². The van der Waals surface area contributed by atoms with Crippen molar-refractivity contribution in [3.8, 4) is 0 Å². The first-order valence-electron chi connectivity index (χ1n) is 6.74. The molecule has 5 heteroatoms. The van der Waals surface area contributed by atoms with Crippen molar-refractivity contribution >= 4 is 11.6 Å². The molecule has 1 unspecified atom stereocenters. The van der Waals surface area contributed by atoms with Gasteiger partial charge in [-0.3, -0.25) is 11.3 Å². The van der Waals surface area contributed by atoms with Gasteiger partial charge in [0.2, 0.25) is 0 Å². The van der Waals surface area contributed by atoms with Crippen LogP contribution in [0, 0.1) is 17.6 Å². The monoisotopic (exact) mass is 288 g/mol. The van der Waals surface area contributed by atoms with Crippen LogP contribution in [-0.4, -0.2) is 0 Å². The maximum atomic E-state index is 14.0. The van der Waals surface area contributed by atoms with Gasteiger partial charge in [-0.05, 0) is 30.9 Å². The van der Waals surface area contributed by atoms with Crippen molar-refractivity contribution in [2.24, 2.45) is 11.8 Å². The normalized spacial score (nSPS) is 19.2. The Kier molecular flexibility index (Phi) is 5.13. The average Bonchev–Trinajstić information content (AvgIpc) is 2.65. The first kappa shape index (κ1) is 14.7. The van der Waals surface area contributed by atoms with Crippen molar-refractivity contribution in [1.82, 2.24) is 5.43 Å². The number of hydrogen-bond donors (Lipinski definition) is 2. The van der Waals surface area contributed by atoms with Crippen LogP contribution in [0.15, 0.2) is 12.1 Å². The largest absolute Gasteiger partial charge is 0.271 e. The van der Waals surface area contributed by atoms with E-state index in [0.717, 1.165) is 37.8 Å². The fourth-order valence-electron chi connectivity index (χ4n) is 2.90. The molecular weight excluding hydrogens is 270 g/mol. The summed E-state index contributed by atoms with van der Waals surface area (Å²) in [5.74, 6) is 4.70. The minimum atomic E-state index is -0.605. The lowest BCUT2D eigenvalue weighted by Gasteiger charge is -2.26. The Morgan fingerprint density at radius 2 is 1.74 bits per heavy atom. The Balaban J connectivity index is 2.27. The number of rotatable bonds is 3. The van der Waals surface area contributed by atoms with Gasteiger partial charge in [0, 0.05) is 5.56 Å². The molecule has 0 amide bonds. The summed E-state index contributed by atoms with van der Waals surface area (Å²) < 4.78 is 27.5. The van der Waals surface area contributed by atoms with Gasteiger partial charge in [0.15, 0.2) is 0 Å². The minimum Gasteiger partial charge on any atom is -0.271 e. The highest BCUT2D eigenvalue weighted by atomic mass is 35.5. The van der Waals surface area contributed by atoms with E-state index < -0.39 is 11.6 Å². The highest BCUT2D eigenvalue weighted by Crippen LogP contribution is 2.35. The number of benzene rings is 1. The lowest BCUT2D eigenvalue weighted by atomic mass is 9.87.